The first kappa shape index (κ1) is 17.0. The van der Waals surface area contributed by atoms with Crippen LogP contribution < -0.4 is 5.32 Å². The number of alkyl halides is 3. The molecule has 0 radical (unpaired) electrons. The molecule has 1 N–H and O–H groups in total. The zero-order valence-corrected chi connectivity index (χ0v) is 12.4. The van der Waals surface area contributed by atoms with Gasteiger partial charge in [0.2, 0.25) is 5.91 Å². The van der Waals surface area contributed by atoms with Gasteiger partial charge in [-0.15, -0.1) is 0 Å². The van der Waals surface area contributed by atoms with Crippen LogP contribution in [0, 0.1) is 23.2 Å². The maximum Gasteiger partial charge on any atom is 0.416 e. The van der Waals surface area contributed by atoms with Crippen molar-refractivity contribution < 1.29 is 22.8 Å². The van der Waals surface area contributed by atoms with Gasteiger partial charge in [-0.2, -0.15) is 18.4 Å². The summed E-state index contributed by atoms with van der Waals surface area (Å²) in [5, 5.41) is 11.4. The van der Waals surface area contributed by atoms with Crippen molar-refractivity contribution >= 4 is 17.4 Å². The molecular formula is C16H15F3N2O2. The molecule has 4 nitrogen and oxygen atoms in total. The average Bonchev–Trinajstić information content (AvgIpc) is 3.31. The van der Waals surface area contributed by atoms with Gasteiger partial charge >= 0.3 is 6.18 Å². The van der Waals surface area contributed by atoms with Crippen LogP contribution in [0.1, 0.15) is 30.9 Å². The van der Waals surface area contributed by atoms with Gasteiger partial charge in [0.25, 0.3) is 0 Å². The van der Waals surface area contributed by atoms with E-state index >= 15 is 0 Å². The molecule has 1 unspecified atom stereocenters. The maximum absolute atomic E-state index is 12.8. The van der Waals surface area contributed by atoms with E-state index in [1.807, 2.05) is 0 Å². The van der Waals surface area contributed by atoms with Crippen LogP contribution >= 0.6 is 0 Å². The Kier molecular flexibility index (Phi) is 4.73. The highest BCUT2D eigenvalue weighted by Crippen LogP contribution is 2.34. The molecule has 7 heteroatoms. The second-order valence-electron chi connectivity index (χ2n) is 5.45. The van der Waals surface area contributed by atoms with E-state index in [1.54, 1.807) is 13.0 Å². The number of carbonyl (C=O) groups is 2. The number of nitrogens with zero attached hydrogens (tertiary/aromatic N) is 1. The van der Waals surface area contributed by atoms with Gasteiger partial charge in [-0.1, -0.05) is 6.92 Å². The number of carbonyl (C=O) groups excluding carboxylic acids is 2. The molecule has 1 aromatic carbocycles. The van der Waals surface area contributed by atoms with Crippen molar-refractivity contribution in [3.63, 3.8) is 0 Å². The molecule has 1 aliphatic rings. The Morgan fingerprint density at radius 1 is 1.39 bits per heavy atom. The molecule has 0 aromatic heterocycles. The Balaban J connectivity index is 2.18. The van der Waals surface area contributed by atoms with Crippen molar-refractivity contribution in [1.82, 2.24) is 0 Å². The van der Waals surface area contributed by atoms with Crippen molar-refractivity contribution in [3.8, 4) is 6.07 Å². The Morgan fingerprint density at radius 3 is 2.52 bits per heavy atom. The van der Waals surface area contributed by atoms with E-state index in [2.05, 4.69) is 5.32 Å². The topological polar surface area (TPSA) is 70.0 Å². The highest BCUT2D eigenvalue weighted by atomic mass is 19.4. The lowest BCUT2D eigenvalue weighted by atomic mass is 10.0. The minimum atomic E-state index is -4.47. The minimum Gasteiger partial charge on any atom is -0.325 e. The molecule has 0 saturated heterocycles. The Labute approximate surface area is 131 Å². The van der Waals surface area contributed by atoms with E-state index in [1.165, 1.54) is 6.07 Å². The molecular weight excluding hydrogens is 309 g/mol. The molecule has 1 aliphatic carbocycles. The maximum atomic E-state index is 12.8. The lowest BCUT2D eigenvalue weighted by molar-refractivity contribution is -0.138. The Morgan fingerprint density at radius 2 is 2.04 bits per heavy atom. The van der Waals surface area contributed by atoms with Crippen LogP contribution in [-0.2, 0) is 22.2 Å². The number of anilines is 1. The highest BCUT2D eigenvalue weighted by Gasteiger charge is 2.38. The van der Waals surface area contributed by atoms with Gasteiger partial charge in [-0.3, -0.25) is 9.59 Å². The van der Waals surface area contributed by atoms with E-state index in [0.717, 1.165) is 12.1 Å². The normalized spacial score (nSPS) is 15.6. The second-order valence-corrected chi connectivity index (χ2v) is 5.45. The summed E-state index contributed by atoms with van der Waals surface area (Å²) in [6.45, 7) is 1.57. The predicted octanol–water partition coefficient (Wildman–Crippen LogP) is 3.33. The summed E-state index contributed by atoms with van der Waals surface area (Å²) in [5.74, 6) is -2.89. The molecule has 23 heavy (non-hydrogen) atoms. The molecule has 1 atom stereocenters. The first-order valence-electron chi connectivity index (χ1n) is 7.22. The number of ketones is 1. The molecule has 0 aliphatic heterocycles. The highest BCUT2D eigenvalue weighted by molar-refractivity contribution is 6.10. The number of hydrogen-bond acceptors (Lipinski definition) is 3. The SMILES string of the molecule is CCc1cc(NC(=O)C(C#N)C(=O)C2CC2)ccc1C(F)(F)F. The van der Waals surface area contributed by atoms with E-state index in [0.29, 0.717) is 12.8 Å². The molecule has 1 amide bonds. The number of benzene rings is 1. The van der Waals surface area contributed by atoms with E-state index in [-0.39, 0.29) is 23.6 Å². The number of rotatable bonds is 5. The monoisotopic (exact) mass is 324 g/mol. The van der Waals surface area contributed by atoms with Crippen LogP contribution in [0.4, 0.5) is 18.9 Å². The number of aryl methyl sites for hydroxylation is 1. The summed E-state index contributed by atoms with van der Waals surface area (Å²) in [6, 6.07) is 4.89. The van der Waals surface area contributed by atoms with Gasteiger partial charge in [0.05, 0.1) is 11.6 Å². The van der Waals surface area contributed by atoms with Crippen LogP contribution in [0.25, 0.3) is 0 Å². The van der Waals surface area contributed by atoms with E-state index in [9.17, 15) is 22.8 Å². The molecule has 122 valence electrons. The van der Waals surface area contributed by atoms with Crippen molar-refractivity contribution in [2.45, 2.75) is 32.4 Å². The fraction of sp³-hybridized carbons (Fsp3) is 0.438. The molecule has 2 rings (SSSR count). The van der Waals surface area contributed by atoms with Gasteiger partial charge in [0, 0.05) is 11.6 Å². The first-order chi connectivity index (χ1) is 10.8. The number of nitrogens with one attached hydrogen (secondary N) is 1. The molecule has 0 bridgehead atoms. The van der Waals surface area contributed by atoms with Crippen LogP contribution in [0.3, 0.4) is 0 Å². The quantitative estimate of drug-likeness (QED) is 0.845. The smallest absolute Gasteiger partial charge is 0.325 e. The van der Waals surface area contributed by atoms with Crippen LogP contribution in [-0.4, -0.2) is 11.7 Å². The predicted molar refractivity (Wildman–Crippen MR) is 76.3 cm³/mol. The molecule has 1 fully saturated rings. The van der Waals surface area contributed by atoms with Crippen molar-refractivity contribution in [1.29, 1.82) is 5.26 Å². The van der Waals surface area contributed by atoms with Gasteiger partial charge in [-0.25, -0.2) is 0 Å². The third kappa shape index (κ3) is 3.89. The summed E-state index contributed by atoms with van der Waals surface area (Å²) in [7, 11) is 0. The zero-order valence-electron chi connectivity index (χ0n) is 12.4. The number of nitriles is 1. The summed E-state index contributed by atoms with van der Waals surface area (Å²) in [6.07, 6.45) is -2.98. The third-order valence-electron chi connectivity index (χ3n) is 3.71. The molecule has 0 spiro atoms. The zero-order chi connectivity index (χ0) is 17.2. The summed E-state index contributed by atoms with van der Waals surface area (Å²) in [5.41, 5.74) is -0.579. The number of hydrogen-bond donors (Lipinski definition) is 1. The van der Waals surface area contributed by atoms with E-state index < -0.39 is 29.3 Å². The average molecular weight is 324 g/mol. The third-order valence-corrected chi connectivity index (χ3v) is 3.71. The standard InChI is InChI=1S/C16H15F3N2O2/c1-2-9-7-11(5-6-13(9)16(17,18)19)21-15(23)12(8-20)14(22)10-3-4-10/h5-7,10,12H,2-4H2,1H3,(H,21,23). The largest absolute Gasteiger partial charge is 0.416 e. The summed E-state index contributed by atoms with van der Waals surface area (Å²) in [4.78, 5) is 23.9. The second kappa shape index (κ2) is 6.41. The number of amides is 1. The Bertz CT molecular complexity index is 673. The lowest BCUT2D eigenvalue weighted by Gasteiger charge is -2.14. The summed E-state index contributed by atoms with van der Waals surface area (Å²) < 4.78 is 38.5. The van der Waals surface area contributed by atoms with Crippen molar-refractivity contribution in [3.05, 3.63) is 29.3 Å². The van der Waals surface area contributed by atoms with Crippen LogP contribution in [0.2, 0.25) is 0 Å². The fourth-order valence-corrected chi connectivity index (χ4v) is 2.31. The number of halogens is 3. The molecule has 1 saturated carbocycles. The fourth-order valence-electron chi connectivity index (χ4n) is 2.31. The molecule has 1 aromatic rings. The van der Waals surface area contributed by atoms with Gasteiger partial charge in [-0.05, 0) is 43.0 Å². The molecule has 0 heterocycles. The number of Topliss-reactive ketones (excluding diaryl/α,β-unsaturated/α-hetero) is 1. The van der Waals surface area contributed by atoms with Crippen molar-refractivity contribution in [2.24, 2.45) is 11.8 Å². The van der Waals surface area contributed by atoms with Crippen molar-refractivity contribution in [2.75, 3.05) is 5.32 Å². The lowest BCUT2D eigenvalue weighted by Crippen LogP contribution is -2.29. The first-order valence-corrected chi connectivity index (χ1v) is 7.22. The van der Waals surface area contributed by atoms with E-state index in [4.69, 9.17) is 5.26 Å². The summed E-state index contributed by atoms with van der Waals surface area (Å²) >= 11 is 0. The van der Waals surface area contributed by atoms with Gasteiger partial charge in [0.15, 0.2) is 11.7 Å². The Hall–Kier alpha value is -2.36. The van der Waals surface area contributed by atoms with Gasteiger partial charge in [0.1, 0.15) is 0 Å². The van der Waals surface area contributed by atoms with Crippen LogP contribution in [0.5, 0.6) is 0 Å². The van der Waals surface area contributed by atoms with Crippen LogP contribution in [0.15, 0.2) is 18.2 Å². The minimum absolute atomic E-state index is 0.0392. The van der Waals surface area contributed by atoms with Gasteiger partial charge < -0.3 is 5.32 Å².